The number of hydrogen-bond acceptors (Lipinski definition) is 2. The van der Waals surface area contributed by atoms with Crippen molar-refractivity contribution in [2.75, 3.05) is 19.7 Å². The van der Waals surface area contributed by atoms with Crippen LogP contribution < -0.4 is 0 Å². The summed E-state index contributed by atoms with van der Waals surface area (Å²) in [4.78, 5) is 16.6. The molecule has 0 aromatic rings. The predicted octanol–water partition coefficient (Wildman–Crippen LogP) is 1.66. The first-order valence-corrected chi connectivity index (χ1v) is 4.78. The van der Waals surface area contributed by atoms with E-state index in [-0.39, 0.29) is 0 Å². The molecule has 1 aliphatic rings. The van der Waals surface area contributed by atoms with Crippen molar-refractivity contribution in [3.8, 4) is 0 Å². The van der Waals surface area contributed by atoms with E-state index >= 15 is 0 Å². The van der Waals surface area contributed by atoms with E-state index in [0.29, 0.717) is 6.61 Å². The van der Waals surface area contributed by atoms with Gasteiger partial charge in [-0.1, -0.05) is 0 Å². The molecule has 0 saturated carbocycles. The highest BCUT2D eigenvalue weighted by atomic mass is 16.5. The van der Waals surface area contributed by atoms with Gasteiger partial charge in [0.05, 0.1) is 12.9 Å². The molecule has 0 aromatic heterocycles. The number of hydrogen-bond donors (Lipinski definition) is 0. The zero-order valence-corrected chi connectivity index (χ0v) is 8.03. The number of aliphatic imine (C=N–C) groups is 1. The maximum absolute atomic E-state index is 10.8. The van der Waals surface area contributed by atoms with E-state index in [2.05, 4.69) is 14.6 Å². The summed E-state index contributed by atoms with van der Waals surface area (Å²) in [6, 6.07) is 0. The topological polar surface area (TPSA) is 41.9 Å². The number of carbonyl (C=O) groups excluding carboxylic acids is 1. The van der Waals surface area contributed by atoms with Gasteiger partial charge in [0, 0.05) is 13.1 Å². The molecule has 0 bridgehead atoms. The van der Waals surface area contributed by atoms with Gasteiger partial charge in [0.1, 0.15) is 0 Å². The van der Waals surface area contributed by atoms with Crippen LogP contribution in [-0.2, 0) is 4.74 Å². The lowest BCUT2D eigenvalue weighted by atomic mass is 10.1. The zero-order valence-electron chi connectivity index (χ0n) is 8.03. The van der Waals surface area contributed by atoms with Gasteiger partial charge in [0.15, 0.2) is 0 Å². The molecule has 4 nitrogen and oxygen atoms in total. The van der Waals surface area contributed by atoms with Crippen LogP contribution in [0.25, 0.3) is 0 Å². The van der Waals surface area contributed by atoms with Crippen LogP contribution in [0.1, 0.15) is 26.2 Å². The number of likely N-dealkylation sites (tertiary alicyclic amines) is 1. The molecule has 1 rings (SSSR count). The third kappa shape index (κ3) is 3.92. The van der Waals surface area contributed by atoms with Crippen molar-refractivity contribution >= 4 is 12.4 Å². The lowest BCUT2D eigenvalue weighted by molar-refractivity contribution is 0.163. The Morgan fingerprint density at radius 1 is 1.46 bits per heavy atom. The van der Waals surface area contributed by atoms with Crippen LogP contribution in [0.4, 0.5) is 4.79 Å². The molecule has 13 heavy (non-hydrogen) atoms. The van der Waals surface area contributed by atoms with E-state index in [1.807, 2.05) is 0 Å². The summed E-state index contributed by atoms with van der Waals surface area (Å²) in [5.41, 5.74) is 0. The highest BCUT2D eigenvalue weighted by Crippen LogP contribution is 2.06. The summed E-state index contributed by atoms with van der Waals surface area (Å²) >= 11 is 0. The zero-order chi connectivity index (χ0) is 9.52. The maximum atomic E-state index is 10.8. The third-order valence-corrected chi connectivity index (χ3v) is 1.98. The van der Waals surface area contributed by atoms with E-state index in [4.69, 9.17) is 0 Å². The van der Waals surface area contributed by atoms with E-state index in [0.717, 1.165) is 13.1 Å². The number of nitrogens with zero attached hydrogens (tertiary/aromatic N) is 2. The molecule has 0 aliphatic carbocycles. The molecule has 1 heterocycles. The van der Waals surface area contributed by atoms with Crippen molar-refractivity contribution in [2.24, 2.45) is 4.99 Å². The molecule has 4 heteroatoms. The lowest BCUT2D eigenvalue weighted by Gasteiger charge is -2.23. The average molecular weight is 184 g/mol. The fourth-order valence-electron chi connectivity index (χ4n) is 1.32. The smallest absolute Gasteiger partial charge is 0.434 e. The highest BCUT2D eigenvalue weighted by Gasteiger charge is 2.06. The maximum Gasteiger partial charge on any atom is 0.434 e. The Balaban J connectivity index is 2.24. The Kier molecular flexibility index (Phi) is 4.29. The molecule has 1 aliphatic heterocycles. The quantitative estimate of drug-likeness (QED) is 0.484. The number of amides is 1. The Morgan fingerprint density at radius 2 is 2.15 bits per heavy atom. The SMILES string of the molecule is CCOC(=O)/N=C/N1CCCCC1. The summed E-state index contributed by atoms with van der Waals surface area (Å²) in [6.45, 7) is 4.16. The number of carbonyl (C=O) groups is 1. The van der Waals surface area contributed by atoms with Crippen molar-refractivity contribution in [1.29, 1.82) is 0 Å². The number of ether oxygens (including phenoxy) is 1. The van der Waals surface area contributed by atoms with E-state index < -0.39 is 6.09 Å². The number of rotatable bonds is 2. The van der Waals surface area contributed by atoms with Gasteiger partial charge in [-0.05, 0) is 26.2 Å². The molecular formula is C9H16N2O2. The number of piperidine rings is 1. The van der Waals surface area contributed by atoms with Gasteiger partial charge >= 0.3 is 6.09 Å². The van der Waals surface area contributed by atoms with Crippen LogP contribution >= 0.6 is 0 Å². The lowest BCUT2D eigenvalue weighted by Crippen LogP contribution is -2.28. The van der Waals surface area contributed by atoms with Gasteiger partial charge in [0.25, 0.3) is 0 Å². The van der Waals surface area contributed by atoms with Crippen LogP contribution in [0.3, 0.4) is 0 Å². The molecule has 0 atom stereocenters. The minimum absolute atomic E-state index is 0.385. The molecule has 0 spiro atoms. The van der Waals surface area contributed by atoms with Gasteiger partial charge in [-0.3, -0.25) is 0 Å². The normalized spacial score (nSPS) is 17.8. The standard InChI is InChI=1S/C9H16N2O2/c1-2-13-9(12)10-8-11-6-4-3-5-7-11/h8H,2-7H2,1H3/b10-8+. The van der Waals surface area contributed by atoms with Crippen LogP contribution in [0.15, 0.2) is 4.99 Å². The van der Waals surface area contributed by atoms with Gasteiger partial charge < -0.3 is 9.64 Å². The van der Waals surface area contributed by atoms with Crippen molar-refractivity contribution < 1.29 is 9.53 Å². The second-order valence-corrected chi connectivity index (χ2v) is 3.04. The van der Waals surface area contributed by atoms with Crippen LogP contribution in [0.2, 0.25) is 0 Å². The molecule has 1 amide bonds. The van der Waals surface area contributed by atoms with Crippen molar-refractivity contribution in [2.45, 2.75) is 26.2 Å². The van der Waals surface area contributed by atoms with Gasteiger partial charge in [-0.2, -0.15) is 4.99 Å². The van der Waals surface area contributed by atoms with Crippen molar-refractivity contribution in [1.82, 2.24) is 4.90 Å². The average Bonchev–Trinajstić information content (AvgIpc) is 2.17. The highest BCUT2D eigenvalue weighted by molar-refractivity contribution is 5.78. The summed E-state index contributed by atoms with van der Waals surface area (Å²) in [5.74, 6) is 0. The molecule has 0 radical (unpaired) electrons. The van der Waals surface area contributed by atoms with E-state index in [1.54, 1.807) is 13.3 Å². The summed E-state index contributed by atoms with van der Waals surface area (Å²) in [6.07, 6.45) is 4.76. The predicted molar refractivity (Wildman–Crippen MR) is 50.9 cm³/mol. The van der Waals surface area contributed by atoms with Crippen LogP contribution in [0, 0.1) is 0 Å². The van der Waals surface area contributed by atoms with Crippen LogP contribution in [0.5, 0.6) is 0 Å². The molecule has 1 fully saturated rings. The Hall–Kier alpha value is -1.06. The summed E-state index contributed by atoms with van der Waals surface area (Å²) in [7, 11) is 0. The monoisotopic (exact) mass is 184 g/mol. The van der Waals surface area contributed by atoms with Gasteiger partial charge in [-0.15, -0.1) is 0 Å². The minimum atomic E-state index is -0.493. The second kappa shape index (κ2) is 5.56. The fraction of sp³-hybridized carbons (Fsp3) is 0.778. The van der Waals surface area contributed by atoms with Crippen molar-refractivity contribution in [3.63, 3.8) is 0 Å². The Bertz CT molecular complexity index is 186. The fourth-order valence-corrected chi connectivity index (χ4v) is 1.32. The minimum Gasteiger partial charge on any atom is -0.448 e. The van der Waals surface area contributed by atoms with Crippen molar-refractivity contribution in [3.05, 3.63) is 0 Å². The molecule has 1 saturated heterocycles. The van der Waals surface area contributed by atoms with E-state index in [9.17, 15) is 4.79 Å². The second-order valence-electron chi connectivity index (χ2n) is 3.04. The van der Waals surface area contributed by atoms with Crippen LogP contribution in [-0.4, -0.2) is 37.0 Å². The first-order chi connectivity index (χ1) is 6.33. The summed E-state index contributed by atoms with van der Waals surface area (Å²) in [5, 5.41) is 0. The molecule has 0 unspecified atom stereocenters. The molecule has 0 aromatic carbocycles. The van der Waals surface area contributed by atoms with E-state index in [1.165, 1.54) is 19.3 Å². The summed E-state index contributed by atoms with van der Waals surface area (Å²) < 4.78 is 4.67. The van der Waals surface area contributed by atoms with Gasteiger partial charge in [0.2, 0.25) is 0 Å². The third-order valence-electron chi connectivity index (χ3n) is 1.98. The molecular weight excluding hydrogens is 168 g/mol. The Labute approximate surface area is 78.6 Å². The molecule has 0 N–H and O–H groups in total. The Morgan fingerprint density at radius 3 is 2.77 bits per heavy atom. The first kappa shape index (κ1) is 10.0. The van der Waals surface area contributed by atoms with Gasteiger partial charge in [-0.25, -0.2) is 4.79 Å². The molecule has 74 valence electrons. The largest absolute Gasteiger partial charge is 0.448 e. The first-order valence-electron chi connectivity index (χ1n) is 4.78.